The molecule has 1 nitrogen and oxygen atoms in total. The quantitative estimate of drug-likeness (QED) is 0.651. The van der Waals surface area contributed by atoms with Crippen molar-refractivity contribution in [1.29, 1.82) is 0 Å². The van der Waals surface area contributed by atoms with Gasteiger partial charge in [-0.25, -0.2) is 8.78 Å². The molecular formula is C14H10Br2F2O. The summed E-state index contributed by atoms with van der Waals surface area (Å²) in [5.74, 6) is -0.248. The van der Waals surface area contributed by atoms with Gasteiger partial charge in [0.25, 0.3) is 0 Å². The van der Waals surface area contributed by atoms with Crippen molar-refractivity contribution in [2.45, 2.75) is 4.83 Å². The van der Waals surface area contributed by atoms with Crippen LogP contribution in [0.5, 0.6) is 5.75 Å². The summed E-state index contributed by atoms with van der Waals surface area (Å²) in [5.41, 5.74) is 1.63. The maximum Gasteiger partial charge on any atom is 0.141 e. The van der Waals surface area contributed by atoms with Crippen molar-refractivity contribution in [2.75, 3.05) is 7.11 Å². The van der Waals surface area contributed by atoms with Crippen molar-refractivity contribution in [3.05, 3.63) is 63.6 Å². The lowest BCUT2D eigenvalue weighted by Gasteiger charge is -2.15. The maximum atomic E-state index is 13.5. The SMILES string of the molecule is COc1cc(F)c(Br)cc1C(Br)c1ccc(F)cc1. The van der Waals surface area contributed by atoms with Gasteiger partial charge in [0.15, 0.2) is 0 Å². The molecule has 2 rings (SSSR count). The third kappa shape index (κ3) is 3.15. The van der Waals surface area contributed by atoms with Crippen LogP contribution in [0.1, 0.15) is 16.0 Å². The first-order valence-corrected chi connectivity index (χ1v) is 7.16. The molecule has 0 saturated carbocycles. The van der Waals surface area contributed by atoms with Crippen LogP contribution >= 0.6 is 31.9 Å². The van der Waals surface area contributed by atoms with Crippen LogP contribution in [0, 0.1) is 11.6 Å². The fourth-order valence-electron chi connectivity index (χ4n) is 1.73. The largest absolute Gasteiger partial charge is 0.496 e. The van der Waals surface area contributed by atoms with Crippen LogP contribution in [0.2, 0.25) is 0 Å². The monoisotopic (exact) mass is 390 g/mol. The van der Waals surface area contributed by atoms with Gasteiger partial charge in [0.05, 0.1) is 16.4 Å². The molecule has 0 aliphatic heterocycles. The van der Waals surface area contributed by atoms with Gasteiger partial charge in [-0.15, -0.1) is 0 Å². The number of benzene rings is 2. The van der Waals surface area contributed by atoms with Crippen LogP contribution in [0.25, 0.3) is 0 Å². The number of ether oxygens (including phenoxy) is 1. The second-order valence-electron chi connectivity index (χ2n) is 3.92. The molecule has 1 atom stereocenters. The van der Waals surface area contributed by atoms with E-state index in [1.165, 1.54) is 25.3 Å². The zero-order valence-electron chi connectivity index (χ0n) is 9.96. The zero-order valence-corrected chi connectivity index (χ0v) is 13.1. The normalized spacial score (nSPS) is 12.3. The Morgan fingerprint density at radius 2 is 1.74 bits per heavy atom. The van der Waals surface area contributed by atoms with Crippen molar-refractivity contribution in [3.63, 3.8) is 0 Å². The second-order valence-corrected chi connectivity index (χ2v) is 5.69. The molecule has 0 aliphatic carbocycles. The van der Waals surface area contributed by atoms with E-state index in [-0.39, 0.29) is 16.5 Å². The van der Waals surface area contributed by atoms with Gasteiger partial charge in [0.1, 0.15) is 17.4 Å². The Balaban J connectivity index is 2.45. The molecule has 2 aromatic carbocycles. The Morgan fingerprint density at radius 1 is 1.11 bits per heavy atom. The summed E-state index contributed by atoms with van der Waals surface area (Å²) < 4.78 is 31.9. The van der Waals surface area contributed by atoms with E-state index >= 15 is 0 Å². The number of halogens is 4. The van der Waals surface area contributed by atoms with E-state index in [2.05, 4.69) is 31.9 Å². The van der Waals surface area contributed by atoms with Gasteiger partial charge in [-0.05, 0) is 39.7 Å². The highest BCUT2D eigenvalue weighted by molar-refractivity contribution is 9.10. The summed E-state index contributed by atoms with van der Waals surface area (Å²) >= 11 is 6.67. The number of hydrogen-bond donors (Lipinski definition) is 0. The van der Waals surface area contributed by atoms with E-state index in [0.29, 0.717) is 10.2 Å². The third-order valence-electron chi connectivity index (χ3n) is 2.71. The topological polar surface area (TPSA) is 9.23 Å². The van der Waals surface area contributed by atoms with E-state index < -0.39 is 0 Å². The smallest absolute Gasteiger partial charge is 0.141 e. The minimum Gasteiger partial charge on any atom is -0.496 e. The summed E-state index contributed by atoms with van der Waals surface area (Å²) in [5, 5.41) is 0. The molecule has 0 fully saturated rings. The first-order chi connectivity index (χ1) is 9.02. The van der Waals surface area contributed by atoms with Gasteiger partial charge >= 0.3 is 0 Å². The molecule has 0 N–H and O–H groups in total. The predicted octanol–water partition coefficient (Wildman–Crippen LogP) is 5.22. The van der Waals surface area contributed by atoms with Crippen molar-refractivity contribution >= 4 is 31.9 Å². The van der Waals surface area contributed by atoms with E-state index in [4.69, 9.17) is 4.74 Å². The molecule has 0 aliphatic rings. The van der Waals surface area contributed by atoms with Crippen molar-refractivity contribution in [1.82, 2.24) is 0 Å². The Morgan fingerprint density at radius 3 is 2.32 bits per heavy atom. The van der Waals surface area contributed by atoms with E-state index in [1.54, 1.807) is 18.2 Å². The molecular weight excluding hydrogens is 382 g/mol. The fraction of sp³-hybridized carbons (Fsp3) is 0.143. The van der Waals surface area contributed by atoms with Crippen LogP contribution in [0.3, 0.4) is 0 Å². The zero-order chi connectivity index (χ0) is 14.0. The standard InChI is InChI=1S/C14H10Br2F2O/c1-19-13-7-12(18)11(15)6-10(13)14(16)8-2-4-9(17)5-3-8/h2-7,14H,1H3. The van der Waals surface area contributed by atoms with Gasteiger partial charge in [-0.2, -0.15) is 0 Å². The van der Waals surface area contributed by atoms with Gasteiger partial charge in [0, 0.05) is 11.6 Å². The predicted molar refractivity (Wildman–Crippen MR) is 77.8 cm³/mol. The molecule has 1 unspecified atom stereocenters. The Labute approximate surface area is 126 Å². The summed E-state index contributed by atoms with van der Waals surface area (Å²) in [7, 11) is 1.48. The third-order valence-corrected chi connectivity index (χ3v) is 4.34. The van der Waals surface area contributed by atoms with Crippen LogP contribution < -0.4 is 4.74 Å². The summed E-state index contributed by atoms with van der Waals surface area (Å²) in [4.78, 5) is -0.208. The van der Waals surface area contributed by atoms with Crippen LogP contribution in [0.4, 0.5) is 8.78 Å². The summed E-state index contributed by atoms with van der Waals surface area (Å²) in [6.07, 6.45) is 0. The lowest BCUT2D eigenvalue weighted by atomic mass is 10.0. The van der Waals surface area contributed by atoms with Crippen LogP contribution in [-0.2, 0) is 0 Å². The van der Waals surface area contributed by atoms with Crippen molar-refractivity contribution in [3.8, 4) is 5.75 Å². The molecule has 5 heteroatoms. The van der Waals surface area contributed by atoms with Crippen LogP contribution in [0.15, 0.2) is 40.9 Å². The van der Waals surface area contributed by atoms with Crippen molar-refractivity contribution < 1.29 is 13.5 Å². The maximum absolute atomic E-state index is 13.5. The molecule has 0 saturated heterocycles. The fourth-order valence-corrected chi connectivity index (χ4v) is 2.75. The highest BCUT2D eigenvalue weighted by Crippen LogP contribution is 2.39. The average Bonchev–Trinajstić information content (AvgIpc) is 2.41. The van der Waals surface area contributed by atoms with Crippen molar-refractivity contribution in [2.24, 2.45) is 0 Å². The number of rotatable bonds is 3. The van der Waals surface area contributed by atoms with Gasteiger partial charge in [-0.3, -0.25) is 0 Å². The Bertz CT molecular complexity index is 585. The minimum atomic E-state index is -0.389. The van der Waals surface area contributed by atoms with E-state index in [0.717, 1.165) is 11.1 Å². The summed E-state index contributed by atoms with van der Waals surface area (Å²) in [6, 6.07) is 9.08. The van der Waals surface area contributed by atoms with Crippen LogP contribution in [-0.4, -0.2) is 7.11 Å². The molecule has 0 spiro atoms. The van der Waals surface area contributed by atoms with E-state index in [9.17, 15) is 8.78 Å². The molecule has 19 heavy (non-hydrogen) atoms. The average molecular weight is 392 g/mol. The molecule has 0 heterocycles. The Hall–Kier alpha value is -0.940. The molecule has 0 radical (unpaired) electrons. The molecule has 0 bridgehead atoms. The molecule has 0 amide bonds. The minimum absolute atomic E-state index is 0.208. The number of alkyl halides is 1. The Kier molecular flexibility index (Phi) is 4.58. The molecule has 0 aromatic heterocycles. The summed E-state index contributed by atoms with van der Waals surface area (Å²) in [6.45, 7) is 0. The van der Waals surface area contributed by atoms with Gasteiger partial charge in [0.2, 0.25) is 0 Å². The van der Waals surface area contributed by atoms with Gasteiger partial charge in [-0.1, -0.05) is 28.1 Å². The van der Waals surface area contributed by atoms with E-state index in [1.807, 2.05) is 0 Å². The molecule has 100 valence electrons. The first-order valence-electron chi connectivity index (χ1n) is 5.45. The first kappa shape index (κ1) is 14.5. The van der Waals surface area contributed by atoms with Gasteiger partial charge < -0.3 is 4.74 Å². The second kappa shape index (κ2) is 6.01. The number of hydrogen-bond acceptors (Lipinski definition) is 1. The lowest BCUT2D eigenvalue weighted by molar-refractivity contribution is 0.406. The molecule has 2 aromatic rings. The highest BCUT2D eigenvalue weighted by Gasteiger charge is 2.18. The highest BCUT2D eigenvalue weighted by atomic mass is 79.9. The number of methoxy groups -OCH3 is 1. The lowest BCUT2D eigenvalue weighted by Crippen LogP contribution is -1.98.